The molecule has 0 aromatic heterocycles. The number of halogens is 2. The maximum Gasteiger partial charge on any atom is 0.0935 e. The molecule has 2 aromatic rings. The quantitative estimate of drug-likeness (QED) is 0.666. The van der Waals surface area contributed by atoms with Crippen LogP contribution in [0.1, 0.15) is 25.0 Å². The molecule has 26 heavy (non-hydrogen) atoms. The van der Waals surface area contributed by atoms with Crippen LogP contribution < -0.4 is 0 Å². The fraction of sp³-hybridized carbons (Fsp3) is 0.364. The van der Waals surface area contributed by atoms with E-state index in [4.69, 9.17) is 23.2 Å². The molecule has 2 rings (SSSR count). The second-order valence-electron chi connectivity index (χ2n) is 7.27. The van der Waals surface area contributed by atoms with E-state index in [1.807, 2.05) is 75.6 Å². The van der Waals surface area contributed by atoms with E-state index < -0.39 is 5.60 Å². The van der Waals surface area contributed by atoms with Crippen LogP contribution in [-0.4, -0.2) is 36.2 Å². The Morgan fingerprint density at radius 2 is 1.54 bits per heavy atom. The summed E-state index contributed by atoms with van der Waals surface area (Å²) in [5.41, 5.74) is 2.06. The van der Waals surface area contributed by atoms with Gasteiger partial charge < -0.3 is 10.0 Å². The van der Waals surface area contributed by atoms with Gasteiger partial charge in [-0.05, 0) is 62.0 Å². The molecule has 4 heteroatoms. The van der Waals surface area contributed by atoms with Gasteiger partial charge in [-0.2, -0.15) is 0 Å². The third-order valence-corrected chi connectivity index (χ3v) is 5.28. The van der Waals surface area contributed by atoms with Crippen LogP contribution in [0.25, 0.3) is 6.08 Å². The van der Waals surface area contributed by atoms with Crippen molar-refractivity contribution in [2.24, 2.45) is 5.92 Å². The zero-order valence-corrected chi connectivity index (χ0v) is 17.3. The predicted octanol–water partition coefficient (Wildman–Crippen LogP) is 5.57. The Hall–Kier alpha value is -1.32. The van der Waals surface area contributed by atoms with Crippen molar-refractivity contribution in [3.8, 4) is 0 Å². The van der Waals surface area contributed by atoms with E-state index >= 15 is 0 Å². The summed E-state index contributed by atoms with van der Waals surface area (Å²) in [6.45, 7) is 4.88. The zero-order chi connectivity index (χ0) is 19.3. The highest BCUT2D eigenvalue weighted by Gasteiger charge is 2.36. The largest absolute Gasteiger partial charge is 0.385 e. The Bertz CT molecular complexity index is 738. The van der Waals surface area contributed by atoms with E-state index in [9.17, 15) is 5.11 Å². The van der Waals surface area contributed by atoms with Crippen molar-refractivity contribution in [3.63, 3.8) is 0 Å². The zero-order valence-electron chi connectivity index (χ0n) is 15.8. The Morgan fingerprint density at radius 3 is 2.04 bits per heavy atom. The summed E-state index contributed by atoms with van der Waals surface area (Å²) in [6.07, 6.45) is 2.58. The minimum absolute atomic E-state index is 0.0525. The topological polar surface area (TPSA) is 23.5 Å². The van der Waals surface area contributed by atoms with Gasteiger partial charge in [0.05, 0.1) is 5.60 Å². The molecule has 2 atom stereocenters. The molecule has 0 aliphatic carbocycles. The molecule has 0 radical (unpaired) electrons. The molecule has 1 N–H and O–H groups in total. The molecule has 0 heterocycles. The summed E-state index contributed by atoms with van der Waals surface area (Å²) in [6, 6.07) is 15.3. The van der Waals surface area contributed by atoms with Crippen LogP contribution in [0, 0.1) is 5.92 Å². The van der Waals surface area contributed by atoms with Crippen LogP contribution in [0.4, 0.5) is 0 Å². The molecule has 0 fully saturated rings. The van der Waals surface area contributed by atoms with Gasteiger partial charge in [0, 0.05) is 28.9 Å². The van der Waals surface area contributed by atoms with Gasteiger partial charge in [0.2, 0.25) is 0 Å². The summed E-state index contributed by atoms with van der Waals surface area (Å²) in [4.78, 5) is 2.10. The molecule has 140 valence electrons. The Morgan fingerprint density at radius 1 is 1.04 bits per heavy atom. The van der Waals surface area contributed by atoms with Crippen molar-refractivity contribution in [2.45, 2.75) is 25.9 Å². The molecular weight excluding hydrogens is 365 g/mol. The third kappa shape index (κ3) is 5.59. The van der Waals surface area contributed by atoms with Crippen LogP contribution in [0.5, 0.6) is 0 Å². The van der Waals surface area contributed by atoms with E-state index in [1.54, 1.807) is 0 Å². The standard InChI is InChI=1S/C22H27Cl2NO/c1-16(13-18-5-9-20(23)10-6-18)22(26,17(2)15-25(3)4)14-19-7-11-21(24)12-8-19/h5-13,17,26H,14-15H2,1-4H3/b16-13-. The van der Waals surface area contributed by atoms with Gasteiger partial charge in [0.1, 0.15) is 0 Å². The monoisotopic (exact) mass is 391 g/mol. The SMILES string of the molecule is C/C(=C/c1ccc(Cl)cc1)C(O)(Cc1ccc(Cl)cc1)C(C)CN(C)C. The van der Waals surface area contributed by atoms with Crippen molar-refractivity contribution in [2.75, 3.05) is 20.6 Å². The number of nitrogens with zero attached hydrogens (tertiary/aromatic N) is 1. The molecule has 2 unspecified atom stereocenters. The molecule has 0 saturated carbocycles. The van der Waals surface area contributed by atoms with Crippen LogP contribution >= 0.6 is 23.2 Å². The van der Waals surface area contributed by atoms with Gasteiger partial charge in [-0.15, -0.1) is 0 Å². The lowest BCUT2D eigenvalue weighted by Crippen LogP contribution is -2.44. The fourth-order valence-electron chi connectivity index (χ4n) is 3.25. The summed E-state index contributed by atoms with van der Waals surface area (Å²) in [5.74, 6) is 0.0525. The Balaban J connectivity index is 2.37. The summed E-state index contributed by atoms with van der Waals surface area (Å²) < 4.78 is 0. The van der Waals surface area contributed by atoms with Crippen molar-refractivity contribution in [3.05, 3.63) is 75.3 Å². The second kappa shape index (κ2) is 9.05. The van der Waals surface area contributed by atoms with Crippen LogP contribution in [0.2, 0.25) is 10.0 Å². The molecule has 0 aliphatic heterocycles. The van der Waals surface area contributed by atoms with Crippen molar-refractivity contribution >= 4 is 29.3 Å². The molecule has 0 aliphatic rings. The van der Waals surface area contributed by atoms with Gasteiger partial charge in [-0.25, -0.2) is 0 Å². The second-order valence-corrected chi connectivity index (χ2v) is 8.14. The molecule has 0 spiro atoms. The lowest BCUT2D eigenvalue weighted by atomic mass is 9.77. The van der Waals surface area contributed by atoms with Gasteiger partial charge >= 0.3 is 0 Å². The summed E-state index contributed by atoms with van der Waals surface area (Å²) >= 11 is 12.0. The van der Waals surface area contributed by atoms with E-state index in [2.05, 4.69) is 11.8 Å². The Kier molecular flexibility index (Phi) is 7.31. The number of hydrogen-bond donors (Lipinski definition) is 1. The van der Waals surface area contributed by atoms with Gasteiger partial charge in [-0.3, -0.25) is 0 Å². The Labute approximate surface area is 167 Å². The van der Waals surface area contributed by atoms with Crippen LogP contribution in [0.3, 0.4) is 0 Å². The highest BCUT2D eigenvalue weighted by molar-refractivity contribution is 6.30. The molecule has 2 nitrogen and oxygen atoms in total. The first-order valence-corrected chi connectivity index (χ1v) is 9.52. The van der Waals surface area contributed by atoms with Gasteiger partial charge in [0.15, 0.2) is 0 Å². The van der Waals surface area contributed by atoms with Crippen LogP contribution in [-0.2, 0) is 6.42 Å². The molecule has 2 aromatic carbocycles. The molecule has 0 bridgehead atoms. The normalized spacial score (nSPS) is 15.8. The minimum atomic E-state index is -0.961. The number of hydrogen-bond acceptors (Lipinski definition) is 2. The van der Waals surface area contributed by atoms with Gasteiger partial charge in [0.25, 0.3) is 0 Å². The van der Waals surface area contributed by atoms with E-state index in [-0.39, 0.29) is 5.92 Å². The van der Waals surface area contributed by atoms with E-state index in [0.29, 0.717) is 16.5 Å². The first-order valence-electron chi connectivity index (χ1n) is 8.76. The number of rotatable bonds is 7. The summed E-state index contributed by atoms with van der Waals surface area (Å²) in [7, 11) is 4.05. The highest BCUT2D eigenvalue weighted by atomic mass is 35.5. The number of aliphatic hydroxyl groups is 1. The first kappa shape index (κ1) is 21.0. The maximum absolute atomic E-state index is 11.7. The summed E-state index contributed by atoms with van der Waals surface area (Å²) in [5, 5.41) is 13.1. The molecule has 0 saturated heterocycles. The first-order chi connectivity index (χ1) is 12.2. The van der Waals surface area contributed by atoms with Crippen molar-refractivity contribution < 1.29 is 5.11 Å². The third-order valence-electron chi connectivity index (χ3n) is 4.78. The lowest BCUT2D eigenvalue weighted by Gasteiger charge is -2.37. The van der Waals surface area contributed by atoms with Crippen molar-refractivity contribution in [1.82, 2.24) is 4.90 Å². The van der Waals surface area contributed by atoms with E-state index in [1.165, 1.54) is 0 Å². The van der Waals surface area contributed by atoms with E-state index in [0.717, 1.165) is 23.2 Å². The average Bonchev–Trinajstić information content (AvgIpc) is 2.58. The average molecular weight is 392 g/mol. The molecule has 0 amide bonds. The fourth-order valence-corrected chi connectivity index (χ4v) is 3.50. The van der Waals surface area contributed by atoms with Crippen LogP contribution in [0.15, 0.2) is 54.1 Å². The highest BCUT2D eigenvalue weighted by Crippen LogP contribution is 2.32. The lowest BCUT2D eigenvalue weighted by molar-refractivity contribution is 0.0150. The van der Waals surface area contributed by atoms with Crippen molar-refractivity contribution in [1.29, 1.82) is 0 Å². The minimum Gasteiger partial charge on any atom is -0.385 e. The maximum atomic E-state index is 11.7. The van der Waals surface area contributed by atoms with Gasteiger partial charge in [-0.1, -0.05) is 60.5 Å². The predicted molar refractivity (Wildman–Crippen MR) is 113 cm³/mol. The smallest absolute Gasteiger partial charge is 0.0935 e. The number of benzene rings is 2. The molecular formula is C22H27Cl2NO.